The molecule has 9 heteroatoms. The topological polar surface area (TPSA) is 96.0 Å². The number of hydrogen-bond acceptors (Lipinski definition) is 5. The number of nitrogens with one attached hydrogen (secondary N) is 1. The highest BCUT2D eigenvalue weighted by Crippen LogP contribution is 2.23. The summed E-state index contributed by atoms with van der Waals surface area (Å²) in [5.74, 6) is -0.160. The first-order valence-electron chi connectivity index (χ1n) is 13.3. The van der Waals surface area contributed by atoms with Crippen LogP contribution in [0.3, 0.4) is 0 Å². The van der Waals surface area contributed by atoms with Crippen molar-refractivity contribution in [3.63, 3.8) is 0 Å². The SMILES string of the molecule is CCCNC(=O)C(Cc1ccccc1)N(Cc1cccc(OC)c1)C(=O)CN(c1cc(C)cc(C)c1)S(C)(=O)=O. The molecule has 3 aromatic rings. The van der Waals surface area contributed by atoms with E-state index in [1.54, 1.807) is 25.3 Å². The van der Waals surface area contributed by atoms with E-state index < -0.39 is 28.5 Å². The minimum absolute atomic E-state index is 0.0948. The molecular formula is C31H39N3O5S. The normalized spacial score (nSPS) is 11.9. The molecule has 0 fully saturated rings. The fourth-order valence-corrected chi connectivity index (χ4v) is 5.43. The maximum Gasteiger partial charge on any atom is 0.244 e. The Balaban J connectivity index is 2.07. The lowest BCUT2D eigenvalue weighted by atomic mass is 10.0. The van der Waals surface area contributed by atoms with E-state index in [0.717, 1.165) is 39.2 Å². The Bertz CT molecular complexity index is 1390. The molecule has 0 aromatic heterocycles. The number of nitrogens with zero attached hydrogens (tertiary/aromatic N) is 2. The van der Waals surface area contributed by atoms with Crippen LogP contribution in [0, 0.1) is 13.8 Å². The highest BCUT2D eigenvalue weighted by molar-refractivity contribution is 7.92. The van der Waals surface area contributed by atoms with Crippen LogP contribution in [0.25, 0.3) is 0 Å². The number of sulfonamides is 1. The number of rotatable bonds is 13. The molecule has 1 unspecified atom stereocenters. The van der Waals surface area contributed by atoms with Crippen molar-refractivity contribution >= 4 is 27.5 Å². The number of methoxy groups -OCH3 is 1. The Morgan fingerprint density at radius 2 is 1.57 bits per heavy atom. The molecule has 0 aliphatic carbocycles. The second-order valence-electron chi connectivity index (χ2n) is 9.99. The summed E-state index contributed by atoms with van der Waals surface area (Å²) in [5.41, 5.74) is 3.81. The Kier molecular flexibility index (Phi) is 10.7. The first-order valence-corrected chi connectivity index (χ1v) is 15.2. The molecule has 3 rings (SSSR count). The van der Waals surface area contributed by atoms with Crippen LogP contribution in [0.15, 0.2) is 72.8 Å². The van der Waals surface area contributed by atoms with E-state index >= 15 is 0 Å². The van der Waals surface area contributed by atoms with E-state index in [-0.39, 0.29) is 18.9 Å². The van der Waals surface area contributed by atoms with Crippen LogP contribution in [0.2, 0.25) is 0 Å². The third kappa shape index (κ3) is 8.58. The summed E-state index contributed by atoms with van der Waals surface area (Å²) in [5, 5.41) is 2.94. The minimum Gasteiger partial charge on any atom is -0.497 e. The number of hydrogen-bond donors (Lipinski definition) is 1. The van der Waals surface area contributed by atoms with Gasteiger partial charge < -0.3 is 15.0 Å². The highest BCUT2D eigenvalue weighted by Gasteiger charge is 2.33. The van der Waals surface area contributed by atoms with Gasteiger partial charge in [-0.3, -0.25) is 13.9 Å². The second kappa shape index (κ2) is 14.0. The van der Waals surface area contributed by atoms with Gasteiger partial charge in [-0.25, -0.2) is 8.42 Å². The third-order valence-corrected chi connectivity index (χ3v) is 7.62. The van der Waals surface area contributed by atoms with Crippen molar-refractivity contribution in [2.24, 2.45) is 0 Å². The number of benzene rings is 3. The van der Waals surface area contributed by atoms with E-state index in [0.29, 0.717) is 18.0 Å². The Morgan fingerprint density at radius 3 is 2.17 bits per heavy atom. The average molecular weight is 566 g/mol. The van der Waals surface area contributed by atoms with Gasteiger partial charge in [0.1, 0.15) is 18.3 Å². The van der Waals surface area contributed by atoms with Crippen molar-refractivity contribution in [2.45, 2.75) is 46.2 Å². The number of anilines is 1. The van der Waals surface area contributed by atoms with E-state index in [1.807, 2.05) is 75.4 Å². The maximum absolute atomic E-state index is 14.1. The molecule has 214 valence electrons. The Hall–Kier alpha value is -3.85. The Labute approximate surface area is 238 Å². The molecule has 0 saturated heterocycles. The fraction of sp³-hybridized carbons (Fsp3) is 0.355. The van der Waals surface area contributed by atoms with Gasteiger partial charge in [0, 0.05) is 19.5 Å². The highest BCUT2D eigenvalue weighted by atomic mass is 32.2. The maximum atomic E-state index is 14.1. The molecule has 3 aromatic carbocycles. The molecule has 0 saturated carbocycles. The van der Waals surface area contributed by atoms with Gasteiger partial charge in [-0.1, -0.05) is 55.5 Å². The fourth-order valence-electron chi connectivity index (χ4n) is 4.60. The third-order valence-electron chi connectivity index (χ3n) is 6.48. The van der Waals surface area contributed by atoms with Gasteiger partial charge in [-0.2, -0.15) is 0 Å². The van der Waals surface area contributed by atoms with Crippen molar-refractivity contribution in [1.29, 1.82) is 0 Å². The van der Waals surface area contributed by atoms with E-state index in [1.165, 1.54) is 4.90 Å². The summed E-state index contributed by atoms with van der Waals surface area (Å²) >= 11 is 0. The predicted octanol–water partition coefficient (Wildman–Crippen LogP) is 4.24. The molecule has 0 spiro atoms. The molecule has 1 atom stereocenters. The lowest BCUT2D eigenvalue weighted by Gasteiger charge is -2.33. The molecule has 2 amide bonds. The number of amides is 2. The molecule has 0 aliphatic heterocycles. The van der Waals surface area contributed by atoms with Gasteiger partial charge in [0.05, 0.1) is 19.1 Å². The van der Waals surface area contributed by atoms with Crippen molar-refractivity contribution < 1.29 is 22.7 Å². The Morgan fingerprint density at radius 1 is 0.925 bits per heavy atom. The smallest absolute Gasteiger partial charge is 0.244 e. The van der Waals surface area contributed by atoms with Gasteiger partial charge in [0.15, 0.2) is 0 Å². The van der Waals surface area contributed by atoms with Crippen molar-refractivity contribution in [3.8, 4) is 5.75 Å². The van der Waals surface area contributed by atoms with Crippen LogP contribution < -0.4 is 14.4 Å². The molecule has 40 heavy (non-hydrogen) atoms. The largest absolute Gasteiger partial charge is 0.497 e. The monoisotopic (exact) mass is 565 g/mol. The summed E-state index contributed by atoms with van der Waals surface area (Å²) in [6.45, 7) is 5.82. The summed E-state index contributed by atoms with van der Waals surface area (Å²) < 4.78 is 32.4. The number of ether oxygens (including phenoxy) is 1. The number of carbonyl (C=O) groups is 2. The van der Waals surface area contributed by atoms with Crippen LogP contribution in [-0.4, -0.2) is 57.6 Å². The first-order chi connectivity index (χ1) is 19.0. The number of carbonyl (C=O) groups excluding carboxylic acids is 2. The molecule has 0 bridgehead atoms. The predicted molar refractivity (Wildman–Crippen MR) is 159 cm³/mol. The molecule has 1 N–H and O–H groups in total. The zero-order valence-corrected chi connectivity index (χ0v) is 24.7. The lowest BCUT2D eigenvalue weighted by Crippen LogP contribution is -2.53. The van der Waals surface area contributed by atoms with Crippen LogP contribution >= 0.6 is 0 Å². The van der Waals surface area contributed by atoms with E-state index in [9.17, 15) is 18.0 Å². The van der Waals surface area contributed by atoms with Crippen molar-refractivity contribution in [1.82, 2.24) is 10.2 Å². The van der Waals surface area contributed by atoms with Crippen LogP contribution in [0.5, 0.6) is 5.75 Å². The van der Waals surface area contributed by atoms with Crippen molar-refractivity contribution in [3.05, 3.63) is 95.1 Å². The van der Waals surface area contributed by atoms with Gasteiger partial charge in [-0.05, 0) is 66.8 Å². The average Bonchev–Trinajstić information content (AvgIpc) is 2.91. The molecule has 0 heterocycles. The quantitative estimate of drug-likeness (QED) is 0.334. The zero-order chi connectivity index (χ0) is 29.3. The van der Waals surface area contributed by atoms with Crippen LogP contribution in [-0.2, 0) is 32.6 Å². The zero-order valence-electron chi connectivity index (χ0n) is 23.9. The van der Waals surface area contributed by atoms with Crippen molar-refractivity contribution in [2.75, 3.05) is 30.8 Å². The van der Waals surface area contributed by atoms with Crippen LogP contribution in [0.1, 0.15) is 35.6 Å². The summed E-state index contributed by atoms with van der Waals surface area (Å²) in [4.78, 5) is 29.1. The standard InChI is InChI=1S/C31H39N3O5S/c1-6-15-32-31(36)29(20-25-11-8-7-9-12-25)33(21-26-13-10-14-28(19-26)39-4)30(35)22-34(40(5,37)38)27-17-23(2)16-24(3)18-27/h7-14,16-19,29H,6,15,20-22H2,1-5H3,(H,32,36). The van der Waals surface area contributed by atoms with E-state index in [4.69, 9.17) is 4.74 Å². The summed E-state index contributed by atoms with van der Waals surface area (Å²) in [6.07, 6.45) is 2.09. The van der Waals surface area contributed by atoms with E-state index in [2.05, 4.69) is 5.32 Å². The van der Waals surface area contributed by atoms with Gasteiger partial charge >= 0.3 is 0 Å². The van der Waals surface area contributed by atoms with Crippen LogP contribution in [0.4, 0.5) is 5.69 Å². The molecule has 0 aliphatic rings. The molecule has 0 radical (unpaired) electrons. The van der Waals surface area contributed by atoms with Gasteiger partial charge in [0.2, 0.25) is 21.8 Å². The summed E-state index contributed by atoms with van der Waals surface area (Å²) in [6, 6.07) is 21.3. The minimum atomic E-state index is -3.82. The number of aryl methyl sites for hydroxylation is 2. The first kappa shape index (κ1) is 30.7. The van der Waals surface area contributed by atoms with Gasteiger partial charge in [-0.15, -0.1) is 0 Å². The lowest BCUT2D eigenvalue weighted by molar-refractivity contribution is -0.140. The summed E-state index contributed by atoms with van der Waals surface area (Å²) in [7, 11) is -2.26. The second-order valence-corrected chi connectivity index (χ2v) is 11.9. The molecular weight excluding hydrogens is 526 g/mol. The van der Waals surface area contributed by atoms with Gasteiger partial charge in [0.25, 0.3) is 0 Å². The molecule has 8 nitrogen and oxygen atoms in total.